The van der Waals surface area contributed by atoms with Gasteiger partial charge in [0, 0.05) is 17.5 Å². The summed E-state index contributed by atoms with van der Waals surface area (Å²) in [4.78, 5) is 42.7. The van der Waals surface area contributed by atoms with Crippen LogP contribution in [0.25, 0.3) is 0 Å². The summed E-state index contributed by atoms with van der Waals surface area (Å²) in [6.45, 7) is 4.66. The predicted molar refractivity (Wildman–Crippen MR) is 187 cm³/mol. The number of carbonyl (C=O) groups excluding carboxylic acids is 3. The molecule has 0 aromatic heterocycles. The zero-order chi connectivity index (χ0) is 35.2. The van der Waals surface area contributed by atoms with E-state index >= 15 is 0 Å². The van der Waals surface area contributed by atoms with Crippen LogP contribution in [0.4, 0.5) is 5.69 Å². The summed E-state index contributed by atoms with van der Waals surface area (Å²) in [5.41, 5.74) is 1.72. The summed E-state index contributed by atoms with van der Waals surface area (Å²) in [6, 6.07) is 16.6. The molecule has 3 atom stereocenters. The van der Waals surface area contributed by atoms with Gasteiger partial charge in [-0.15, -0.1) is 0 Å². The van der Waals surface area contributed by atoms with Crippen molar-refractivity contribution in [2.75, 3.05) is 19.0 Å². The highest BCUT2D eigenvalue weighted by molar-refractivity contribution is 5.97. The molecule has 0 radical (unpaired) electrons. The minimum atomic E-state index is -1.87. The molecule has 0 aliphatic carbocycles. The average Bonchev–Trinajstić information content (AvgIpc) is 3.10. The molecule has 4 rings (SSSR count). The SMILES string of the molecule is CCCCCCCOc1ccc(C(=O)Oc2ccc(CC(NC(=O)c3ccc(NC(=O)C4C=CC=NC4C)cc3)C(O)O)cc2OC)cc1. The fourth-order valence-corrected chi connectivity index (χ4v) is 5.25. The molecule has 11 heteroatoms. The first-order valence-electron chi connectivity index (χ1n) is 16.6. The maximum absolute atomic E-state index is 13.0. The Bertz CT molecular complexity index is 1600. The van der Waals surface area contributed by atoms with Crippen molar-refractivity contribution in [3.8, 4) is 17.2 Å². The number of nitrogens with one attached hydrogen (secondary N) is 2. The smallest absolute Gasteiger partial charge is 0.343 e. The molecule has 3 aromatic rings. The van der Waals surface area contributed by atoms with Crippen LogP contribution in [0.2, 0.25) is 0 Å². The number of methoxy groups -OCH3 is 1. The van der Waals surface area contributed by atoms with Crippen LogP contribution in [0, 0.1) is 5.92 Å². The highest BCUT2D eigenvalue weighted by Crippen LogP contribution is 2.30. The lowest BCUT2D eigenvalue weighted by Gasteiger charge is -2.21. The van der Waals surface area contributed by atoms with Crippen LogP contribution in [-0.2, 0) is 11.2 Å². The zero-order valence-corrected chi connectivity index (χ0v) is 28.1. The van der Waals surface area contributed by atoms with Crippen LogP contribution in [-0.4, -0.2) is 66.3 Å². The molecule has 0 saturated carbocycles. The number of amides is 2. The minimum Gasteiger partial charge on any atom is -0.494 e. The van der Waals surface area contributed by atoms with Crippen LogP contribution in [0.1, 0.15) is 72.2 Å². The molecule has 260 valence electrons. The average molecular weight is 672 g/mol. The third-order valence-corrected chi connectivity index (χ3v) is 8.13. The predicted octanol–water partition coefficient (Wildman–Crippen LogP) is 5.50. The van der Waals surface area contributed by atoms with E-state index in [0.29, 0.717) is 29.2 Å². The van der Waals surface area contributed by atoms with Gasteiger partial charge in [0.25, 0.3) is 5.91 Å². The summed E-state index contributed by atoms with van der Waals surface area (Å²) < 4.78 is 16.8. The Morgan fingerprint density at radius 2 is 1.61 bits per heavy atom. The van der Waals surface area contributed by atoms with Gasteiger partial charge in [-0.3, -0.25) is 14.6 Å². The molecular weight excluding hydrogens is 626 g/mol. The molecule has 11 nitrogen and oxygen atoms in total. The number of rotatable bonds is 17. The van der Waals surface area contributed by atoms with Crippen molar-refractivity contribution in [1.82, 2.24) is 5.32 Å². The molecule has 0 saturated heterocycles. The first kappa shape index (κ1) is 36.8. The third-order valence-electron chi connectivity index (χ3n) is 8.13. The molecule has 0 fully saturated rings. The zero-order valence-electron chi connectivity index (χ0n) is 28.1. The first-order valence-corrected chi connectivity index (χ1v) is 16.6. The number of hydrogen-bond donors (Lipinski definition) is 4. The van der Waals surface area contributed by atoms with Gasteiger partial charge in [-0.2, -0.15) is 0 Å². The monoisotopic (exact) mass is 671 g/mol. The molecule has 49 heavy (non-hydrogen) atoms. The number of aliphatic imine (C=N–C) groups is 1. The van der Waals surface area contributed by atoms with E-state index in [4.69, 9.17) is 14.2 Å². The Labute approximate surface area is 287 Å². The van der Waals surface area contributed by atoms with Crippen molar-refractivity contribution in [2.45, 2.75) is 70.7 Å². The van der Waals surface area contributed by atoms with E-state index in [-0.39, 0.29) is 35.4 Å². The third kappa shape index (κ3) is 11.0. The fourth-order valence-electron chi connectivity index (χ4n) is 5.25. The molecule has 0 bridgehead atoms. The lowest BCUT2D eigenvalue weighted by atomic mass is 9.98. The van der Waals surface area contributed by atoms with E-state index in [1.165, 1.54) is 38.5 Å². The number of anilines is 1. The number of aliphatic hydroxyl groups is 2. The number of dihydropyridines is 1. The van der Waals surface area contributed by atoms with Crippen LogP contribution in [0.5, 0.6) is 17.2 Å². The van der Waals surface area contributed by atoms with Crippen LogP contribution in [0.15, 0.2) is 83.9 Å². The summed E-state index contributed by atoms with van der Waals surface area (Å²) in [5, 5.41) is 25.6. The van der Waals surface area contributed by atoms with Crippen LogP contribution >= 0.6 is 0 Å². The van der Waals surface area contributed by atoms with E-state index in [9.17, 15) is 24.6 Å². The van der Waals surface area contributed by atoms with Crippen molar-refractivity contribution in [1.29, 1.82) is 0 Å². The Kier molecular flexibility index (Phi) is 13.9. The summed E-state index contributed by atoms with van der Waals surface area (Å²) in [7, 11) is 1.43. The molecular formula is C38H45N3O8. The first-order chi connectivity index (χ1) is 23.7. The summed E-state index contributed by atoms with van der Waals surface area (Å²) in [5.74, 6) is -0.590. The summed E-state index contributed by atoms with van der Waals surface area (Å²) in [6.07, 6.45) is 9.08. The Morgan fingerprint density at radius 3 is 2.29 bits per heavy atom. The number of allylic oxidation sites excluding steroid dienone is 1. The van der Waals surface area contributed by atoms with E-state index < -0.39 is 30.1 Å². The topological polar surface area (TPSA) is 156 Å². The standard InChI is InChI=1S/C38H45N3O8/c1-4-5-6-7-8-22-48-30-18-14-28(15-19-30)38(46)49-33-20-11-26(24-34(33)47-3)23-32(37(44)45)41-35(42)27-12-16-29(17-13-27)40-36(43)31-10-9-21-39-25(31)2/h9-21,24-25,31-32,37,44-45H,4-8,22-23H2,1-3H3,(H,40,43)(H,41,42). The number of benzene rings is 3. The second kappa shape index (κ2) is 18.5. The number of carbonyl (C=O) groups is 3. The van der Waals surface area contributed by atoms with Gasteiger partial charge < -0.3 is 35.1 Å². The van der Waals surface area contributed by atoms with Gasteiger partial charge in [0.15, 0.2) is 17.8 Å². The fraction of sp³-hybridized carbons (Fsp3) is 0.368. The number of unbranched alkanes of at least 4 members (excludes halogenated alkanes) is 4. The highest BCUT2D eigenvalue weighted by atomic mass is 16.6. The van der Waals surface area contributed by atoms with E-state index in [1.807, 2.05) is 6.92 Å². The Morgan fingerprint density at radius 1 is 0.898 bits per heavy atom. The van der Waals surface area contributed by atoms with E-state index in [2.05, 4.69) is 22.5 Å². The van der Waals surface area contributed by atoms with Gasteiger partial charge in [-0.25, -0.2) is 4.79 Å². The molecule has 3 aromatic carbocycles. The lowest BCUT2D eigenvalue weighted by Crippen LogP contribution is -2.44. The number of aliphatic hydroxyl groups excluding tert-OH is 1. The van der Waals surface area contributed by atoms with Gasteiger partial charge >= 0.3 is 5.97 Å². The van der Waals surface area contributed by atoms with Crippen LogP contribution in [0.3, 0.4) is 0 Å². The number of nitrogens with zero attached hydrogens (tertiary/aromatic N) is 1. The van der Waals surface area contributed by atoms with Gasteiger partial charge in [0.2, 0.25) is 5.91 Å². The van der Waals surface area contributed by atoms with Crippen molar-refractivity contribution in [2.24, 2.45) is 10.9 Å². The second-order valence-corrected chi connectivity index (χ2v) is 11.9. The molecule has 1 aliphatic heterocycles. The quantitative estimate of drug-likeness (QED) is 0.0635. The van der Waals surface area contributed by atoms with Gasteiger partial charge in [0.05, 0.1) is 37.3 Å². The number of ether oxygens (including phenoxy) is 3. The minimum absolute atomic E-state index is 0.0395. The van der Waals surface area contributed by atoms with E-state index in [1.54, 1.807) is 73.0 Å². The Hall–Kier alpha value is -5.00. The lowest BCUT2D eigenvalue weighted by molar-refractivity contribution is -0.118. The number of hydrogen-bond acceptors (Lipinski definition) is 9. The van der Waals surface area contributed by atoms with Crippen LogP contribution < -0.4 is 24.8 Å². The summed E-state index contributed by atoms with van der Waals surface area (Å²) >= 11 is 0. The molecule has 0 spiro atoms. The largest absolute Gasteiger partial charge is 0.494 e. The maximum atomic E-state index is 13.0. The second-order valence-electron chi connectivity index (χ2n) is 11.9. The van der Waals surface area contributed by atoms with Gasteiger partial charge in [-0.1, -0.05) is 44.7 Å². The normalized spacial score (nSPS) is 15.8. The highest BCUT2D eigenvalue weighted by Gasteiger charge is 2.24. The number of esters is 1. The van der Waals surface area contributed by atoms with Crippen molar-refractivity contribution in [3.05, 3.63) is 95.6 Å². The van der Waals surface area contributed by atoms with Gasteiger partial charge in [-0.05, 0) is 92.1 Å². The van der Waals surface area contributed by atoms with E-state index in [0.717, 1.165) is 12.8 Å². The van der Waals surface area contributed by atoms with Gasteiger partial charge in [0.1, 0.15) is 5.75 Å². The molecule has 4 N–H and O–H groups in total. The molecule has 2 amide bonds. The van der Waals surface area contributed by atoms with Crippen molar-refractivity contribution < 1.29 is 38.8 Å². The molecule has 3 unspecified atom stereocenters. The molecule has 1 heterocycles. The van der Waals surface area contributed by atoms with Crippen molar-refractivity contribution in [3.63, 3.8) is 0 Å². The van der Waals surface area contributed by atoms with Crippen molar-refractivity contribution >= 4 is 29.7 Å². The molecule has 1 aliphatic rings. The maximum Gasteiger partial charge on any atom is 0.343 e. The Balaban J connectivity index is 1.31.